The second-order valence-corrected chi connectivity index (χ2v) is 4.20. The van der Waals surface area contributed by atoms with Crippen LogP contribution < -0.4 is 0 Å². The van der Waals surface area contributed by atoms with Gasteiger partial charge in [-0.15, -0.1) is 0 Å². The SMILES string of the molecule is O=C(c1ccncc1Br)C1CCC1. The van der Waals surface area contributed by atoms with Crippen molar-refractivity contribution in [3.8, 4) is 0 Å². The van der Waals surface area contributed by atoms with E-state index in [9.17, 15) is 4.79 Å². The number of hydrogen-bond acceptors (Lipinski definition) is 2. The first-order valence-electron chi connectivity index (χ1n) is 4.43. The Morgan fingerprint density at radius 3 is 2.85 bits per heavy atom. The Bertz CT molecular complexity index is 333. The van der Waals surface area contributed by atoms with E-state index in [1.54, 1.807) is 18.5 Å². The third-order valence-electron chi connectivity index (χ3n) is 2.51. The summed E-state index contributed by atoms with van der Waals surface area (Å²) < 4.78 is 0.812. The number of carbonyl (C=O) groups excluding carboxylic acids is 1. The molecule has 0 amide bonds. The topological polar surface area (TPSA) is 30.0 Å². The average Bonchev–Trinajstić information content (AvgIpc) is 2.01. The average molecular weight is 240 g/mol. The summed E-state index contributed by atoms with van der Waals surface area (Å²) in [5, 5.41) is 0. The normalized spacial score (nSPS) is 16.7. The second kappa shape index (κ2) is 3.58. The van der Waals surface area contributed by atoms with Gasteiger partial charge in [-0.3, -0.25) is 9.78 Å². The molecule has 0 bridgehead atoms. The fraction of sp³-hybridized carbons (Fsp3) is 0.400. The van der Waals surface area contributed by atoms with Crippen LogP contribution in [0.1, 0.15) is 29.6 Å². The zero-order valence-electron chi connectivity index (χ0n) is 7.16. The minimum Gasteiger partial charge on any atom is -0.294 e. The van der Waals surface area contributed by atoms with E-state index in [2.05, 4.69) is 20.9 Å². The molecule has 0 spiro atoms. The molecule has 3 heteroatoms. The molecular formula is C10H10BrNO. The van der Waals surface area contributed by atoms with Gasteiger partial charge in [0, 0.05) is 28.3 Å². The maximum Gasteiger partial charge on any atom is 0.167 e. The van der Waals surface area contributed by atoms with Gasteiger partial charge < -0.3 is 0 Å². The van der Waals surface area contributed by atoms with Gasteiger partial charge in [0.2, 0.25) is 0 Å². The van der Waals surface area contributed by atoms with Crippen LogP contribution in [0.25, 0.3) is 0 Å². The Morgan fingerprint density at radius 1 is 1.54 bits per heavy atom. The van der Waals surface area contributed by atoms with E-state index in [0.29, 0.717) is 0 Å². The number of halogens is 1. The van der Waals surface area contributed by atoms with Crippen molar-refractivity contribution in [2.45, 2.75) is 19.3 Å². The monoisotopic (exact) mass is 239 g/mol. The Labute approximate surface area is 85.5 Å². The van der Waals surface area contributed by atoms with Crippen molar-refractivity contribution in [1.82, 2.24) is 4.98 Å². The van der Waals surface area contributed by atoms with Gasteiger partial charge in [-0.2, -0.15) is 0 Å². The number of rotatable bonds is 2. The number of hydrogen-bond donors (Lipinski definition) is 0. The summed E-state index contributed by atoms with van der Waals surface area (Å²) in [6.07, 6.45) is 6.63. The minimum absolute atomic E-state index is 0.263. The second-order valence-electron chi connectivity index (χ2n) is 3.35. The van der Waals surface area contributed by atoms with E-state index in [-0.39, 0.29) is 11.7 Å². The summed E-state index contributed by atoms with van der Waals surface area (Å²) in [6, 6.07) is 1.78. The van der Waals surface area contributed by atoms with Crippen LogP contribution >= 0.6 is 15.9 Å². The molecule has 1 aromatic rings. The summed E-state index contributed by atoms with van der Waals surface area (Å²) in [6.45, 7) is 0. The molecule has 0 aliphatic heterocycles. The molecule has 0 saturated heterocycles. The summed E-state index contributed by atoms with van der Waals surface area (Å²) in [7, 11) is 0. The van der Waals surface area contributed by atoms with Crippen LogP contribution in [0.5, 0.6) is 0 Å². The van der Waals surface area contributed by atoms with Crippen molar-refractivity contribution in [2.75, 3.05) is 0 Å². The van der Waals surface area contributed by atoms with Crippen LogP contribution in [-0.2, 0) is 0 Å². The molecule has 1 saturated carbocycles. The Hall–Kier alpha value is -0.700. The van der Waals surface area contributed by atoms with Gasteiger partial charge in [0.25, 0.3) is 0 Å². The van der Waals surface area contributed by atoms with Crippen molar-refractivity contribution in [3.05, 3.63) is 28.5 Å². The number of aromatic nitrogens is 1. The number of Topliss-reactive ketones (excluding diaryl/α,β-unsaturated/α-hetero) is 1. The third kappa shape index (κ3) is 1.66. The lowest BCUT2D eigenvalue weighted by atomic mass is 9.80. The van der Waals surface area contributed by atoms with Gasteiger partial charge in [-0.25, -0.2) is 0 Å². The molecule has 13 heavy (non-hydrogen) atoms. The molecular weight excluding hydrogens is 230 g/mol. The van der Waals surface area contributed by atoms with Crippen molar-refractivity contribution < 1.29 is 4.79 Å². The molecule has 0 radical (unpaired) electrons. The summed E-state index contributed by atoms with van der Waals surface area (Å²) in [5.74, 6) is 0.527. The highest BCUT2D eigenvalue weighted by Crippen LogP contribution is 2.31. The fourth-order valence-electron chi connectivity index (χ4n) is 1.47. The van der Waals surface area contributed by atoms with Crippen LogP contribution in [0, 0.1) is 5.92 Å². The first kappa shape index (κ1) is 8.88. The quantitative estimate of drug-likeness (QED) is 0.744. The maximum absolute atomic E-state index is 11.8. The molecule has 1 aliphatic rings. The first-order valence-corrected chi connectivity index (χ1v) is 5.22. The van der Waals surface area contributed by atoms with Crippen molar-refractivity contribution in [1.29, 1.82) is 0 Å². The van der Waals surface area contributed by atoms with E-state index < -0.39 is 0 Å². The van der Waals surface area contributed by atoms with Crippen LogP contribution in [-0.4, -0.2) is 10.8 Å². The predicted molar refractivity (Wildman–Crippen MR) is 53.6 cm³/mol. The molecule has 2 nitrogen and oxygen atoms in total. The Balaban J connectivity index is 2.24. The fourth-order valence-corrected chi connectivity index (χ4v) is 1.91. The largest absolute Gasteiger partial charge is 0.294 e. The molecule has 0 atom stereocenters. The standard InChI is InChI=1S/C10H10BrNO/c11-9-6-12-5-4-8(9)10(13)7-2-1-3-7/h4-7H,1-3H2. The van der Waals surface area contributed by atoms with E-state index in [0.717, 1.165) is 22.9 Å². The highest BCUT2D eigenvalue weighted by Gasteiger charge is 2.27. The van der Waals surface area contributed by atoms with Gasteiger partial charge in [0.1, 0.15) is 0 Å². The molecule has 0 unspecified atom stereocenters. The lowest BCUT2D eigenvalue weighted by Crippen LogP contribution is -2.22. The smallest absolute Gasteiger partial charge is 0.167 e. The maximum atomic E-state index is 11.8. The van der Waals surface area contributed by atoms with E-state index >= 15 is 0 Å². The summed E-state index contributed by atoms with van der Waals surface area (Å²) in [4.78, 5) is 15.7. The summed E-state index contributed by atoms with van der Waals surface area (Å²) in [5.41, 5.74) is 0.778. The molecule has 1 fully saturated rings. The first-order chi connectivity index (χ1) is 6.29. The number of ketones is 1. The third-order valence-corrected chi connectivity index (χ3v) is 3.15. The lowest BCUT2D eigenvalue weighted by molar-refractivity contribution is 0.0854. The van der Waals surface area contributed by atoms with Gasteiger partial charge in [0.15, 0.2) is 5.78 Å². The number of carbonyl (C=O) groups is 1. The molecule has 1 heterocycles. The Kier molecular flexibility index (Phi) is 2.44. The van der Waals surface area contributed by atoms with Crippen molar-refractivity contribution >= 4 is 21.7 Å². The minimum atomic E-state index is 0.263. The molecule has 1 aliphatic carbocycles. The van der Waals surface area contributed by atoms with Crippen molar-refractivity contribution in [2.24, 2.45) is 5.92 Å². The molecule has 0 aromatic carbocycles. The molecule has 1 aromatic heterocycles. The van der Waals surface area contributed by atoms with Crippen LogP contribution in [0.4, 0.5) is 0 Å². The summed E-state index contributed by atoms with van der Waals surface area (Å²) >= 11 is 3.34. The predicted octanol–water partition coefficient (Wildman–Crippen LogP) is 2.83. The Morgan fingerprint density at radius 2 is 2.31 bits per heavy atom. The zero-order chi connectivity index (χ0) is 9.26. The highest BCUT2D eigenvalue weighted by atomic mass is 79.9. The van der Waals surface area contributed by atoms with Gasteiger partial charge in [0.05, 0.1) is 0 Å². The van der Waals surface area contributed by atoms with E-state index in [1.807, 2.05) is 0 Å². The highest BCUT2D eigenvalue weighted by molar-refractivity contribution is 9.10. The number of pyridine rings is 1. The van der Waals surface area contributed by atoms with Gasteiger partial charge in [-0.1, -0.05) is 6.42 Å². The zero-order valence-corrected chi connectivity index (χ0v) is 8.75. The lowest BCUT2D eigenvalue weighted by Gasteiger charge is -2.23. The molecule has 2 rings (SSSR count). The van der Waals surface area contributed by atoms with Crippen LogP contribution in [0.3, 0.4) is 0 Å². The molecule has 0 N–H and O–H groups in total. The van der Waals surface area contributed by atoms with E-state index in [4.69, 9.17) is 0 Å². The molecule has 68 valence electrons. The number of nitrogens with zero attached hydrogens (tertiary/aromatic N) is 1. The van der Waals surface area contributed by atoms with Crippen LogP contribution in [0.15, 0.2) is 22.9 Å². The van der Waals surface area contributed by atoms with Gasteiger partial charge in [-0.05, 0) is 34.8 Å². The van der Waals surface area contributed by atoms with E-state index in [1.165, 1.54) is 6.42 Å². The van der Waals surface area contributed by atoms with Gasteiger partial charge >= 0.3 is 0 Å². The van der Waals surface area contributed by atoms with Crippen LogP contribution in [0.2, 0.25) is 0 Å². The van der Waals surface area contributed by atoms with Crippen molar-refractivity contribution in [3.63, 3.8) is 0 Å².